The average molecular weight is 475 g/mol. The molecule has 8 heteroatoms. The molecule has 0 radical (unpaired) electrons. The highest BCUT2D eigenvalue weighted by Crippen LogP contribution is 2.47. The standard InChI is InChI=1S/C26H38N2O6/c1-7-33-25(27)19-15-28-20(14-21(19)29)18-13-22(32-6)23(34-10-8-9-30-4)11-17(18)12-24(28)26(2,3)16-31-5/h11,13,15,20,24,27H,7-10,12,14,16H2,1-6H3. The number of ether oxygens (including phenoxy) is 5. The van der Waals surface area contributed by atoms with Crippen LogP contribution in [0.25, 0.3) is 0 Å². The number of carbonyl (C=O) groups excluding carboxylic acids is 1. The second kappa shape index (κ2) is 11.2. The number of hydrogen-bond acceptors (Lipinski definition) is 8. The number of hydrogen-bond donors (Lipinski definition) is 1. The summed E-state index contributed by atoms with van der Waals surface area (Å²) in [5, 5.41) is 8.25. The summed E-state index contributed by atoms with van der Waals surface area (Å²) in [5.41, 5.74) is 2.31. The lowest BCUT2D eigenvalue weighted by molar-refractivity contribution is -0.118. The lowest BCUT2D eigenvalue weighted by Crippen LogP contribution is -2.52. The monoisotopic (exact) mass is 474 g/mol. The molecule has 1 aromatic carbocycles. The molecule has 2 aliphatic heterocycles. The largest absolute Gasteiger partial charge is 0.493 e. The van der Waals surface area contributed by atoms with Gasteiger partial charge in [0.05, 0.1) is 38.5 Å². The first-order chi connectivity index (χ1) is 16.3. The molecule has 3 rings (SSSR count). The van der Waals surface area contributed by atoms with E-state index in [2.05, 4.69) is 24.8 Å². The van der Waals surface area contributed by atoms with E-state index in [4.69, 9.17) is 29.1 Å². The smallest absolute Gasteiger partial charge is 0.218 e. The maximum Gasteiger partial charge on any atom is 0.218 e. The highest BCUT2D eigenvalue weighted by atomic mass is 16.5. The van der Waals surface area contributed by atoms with Crippen molar-refractivity contribution in [3.05, 3.63) is 35.0 Å². The Labute approximate surface area is 202 Å². The topological polar surface area (TPSA) is 90.3 Å². The van der Waals surface area contributed by atoms with Crippen LogP contribution in [-0.2, 0) is 25.4 Å². The Balaban J connectivity index is 2.05. The first-order valence-electron chi connectivity index (χ1n) is 11.8. The minimum atomic E-state index is -0.208. The van der Waals surface area contributed by atoms with Crippen molar-refractivity contribution in [1.29, 1.82) is 5.41 Å². The number of ketones is 1. The van der Waals surface area contributed by atoms with Crippen molar-refractivity contribution in [2.45, 2.75) is 52.1 Å². The molecule has 2 unspecified atom stereocenters. The Morgan fingerprint density at radius 1 is 1.12 bits per heavy atom. The Kier molecular flexibility index (Phi) is 8.60. The summed E-state index contributed by atoms with van der Waals surface area (Å²) in [4.78, 5) is 15.3. The summed E-state index contributed by atoms with van der Waals surface area (Å²) in [7, 11) is 5.01. The van der Waals surface area contributed by atoms with Crippen LogP contribution < -0.4 is 9.47 Å². The summed E-state index contributed by atoms with van der Waals surface area (Å²) in [6.45, 7) is 8.23. The van der Waals surface area contributed by atoms with E-state index in [-0.39, 0.29) is 35.6 Å². The van der Waals surface area contributed by atoms with Gasteiger partial charge in [0.15, 0.2) is 17.3 Å². The van der Waals surface area contributed by atoms with E-state index >= 15 is 0 Å². The van der Waals surface area contributed by atoms with Crippen LogP contribution in [0.2, 0.25) is 0 Å². The van der Waals surface area contributed by atoms with Crippen LogP contribution in [0.4, 0.5) is 0 Å². The zero-order valence-corrected chi connectivity index (χ0v) is 21.2. The number of fused-ring (bicyclic) bond motifs is 3. The fraction of sp³-hybridized carbons (Fsp3) is 0.615. The molecule has 0 saturated heterocycles. The number of benzene rings is 1. The van der Waals surface area contributed by atoms with Crippen molar-refractivity contribution < 1.29 is 28.5 Å². The third kappa shape index (κ3) is 5.39. The number of carbonyl (C=O) groups is 1. The molecule has 0 fully saturated rings. The van der Waals surface area contributed by atoms with Crippen LogP contribution in [0.1, 0.15) is 50.8 Å². The van der Waals surface area contributed by atoms with Crippen molar-refractivity contribution in [3.8, 4) is 11.5 Å². The maximum atomic E-state index is 13.1. The van der Waals surface area contributed by atoms with Gasteiger partial charge in [-0.25, -0.2) is 0 Å². The molecule has 2 aliphatic rings. The van der Waals surface area contributed by atoms with Crippen LogP contribution >= 0.6 is 0 Å². The highest BCUT2D eigenvalue weighted by Gasteiger charge is 2.45. The second-order valence-corrected chi connectivity index (χ2v) is 9.43. The molecule has 0 spiro atoms. The Bertz CT molecular complexity index is 926. The predicted octanol–water partition coefficient (Wildman–Crippen LogP) is 3.92. The number of Topliss-reactive ketones (excluding diaryl/α,β-unsaturated/α-hetero) is 1. The third-order valence-electron chi connectivity index (χ3n) is 6.58. The SMILES string of the molecule is CCOC(=N)C1=CN2C(CC1=O)c1cc(OC)c(OCCCOC)cc1CC2C(C)(C)COC. The van der Waals surface area contributed by atoms with Crippen LogP contribution in [0.3, 0.4) is 0 Å². The lowest BCUT2D eigenvalue weighted by Gasteiger charge is -2.50. The number of rotatable bonds is 11. The molecule has 0 aromatic heterocycles. The van der Waals surface area contributed by atoms with Gasteiger partial charge in [0.25, 0.3) is 0 Å². The molecule has 0 saturated carbocycles. The van der Waals surface area contributed by atoms with Gasteiger partial charge in [0, 0.05) is 51.3 Å². The van der Waals surface area contributed by atoms with E-state index < -0.39 is 0 Å². The van der Waals surface area contributed by atoms with Gasteiger partial charge in [-0.3, -0.25) is 10.2 Å². The van der Waals surface area contributed by atoms with E-state index in [1.807, 2.05) is 19.2 Å². The normalized spacial score (nSPS) is 19.8. The minimum Gasteiger partial charge on any atom is -0.493 e. The van der Waals surface area contributed by atoms with Gasteiger partial charge in [-0.2, -0.15) is 0 Å². The minimum absolute atomic E-state index is 0.0530. The van der Waals surface area contributed by atoms with Gasteiger partial charge in [0.2, 0.25) is 5.90 Å². The van der Waals surface area contributed by atoms with Gasteiger partial charge in [-0.05, 0) is 36.6 Å². The van der Waals surface area contributed by atoms with Crippen molar-refractivity contribution in [3.63, 3.8) is 0 Å². The molecule has 34 heavy (non-hydrogen) atoms. The highest BCUT2D eigenvalue weighted by molar-refractivity contribution is 6.18. The van der Waals surface area contributed by atoms with Gasteiger partial charge >= 0.3 is 0 Å². The Morgan fingerprint density at radius 2 is 1.88 bits per heavy atom. The molecule has 2 heterocycles. The molecule has 1 N–H and O–H groups in total. The molecule has 2 atom stereocenters. The lowest BCUT2D eigenvalue weighted by atomic mass is 9.73. The van der Waals surface area contributed by atoms with E-state index in [9.17, 15) is 4.79 Å². The van der Waals surface area contributed by atoms with Crippen molar-refractivity contribution in [2.75, 3.05) is 47.8 Å². The molecule has 1 aromatic rings. The summed E-state index contributed by atoms with van der Waals surface area (Å²) < 4.78 is 27.7. The maximum absolute atomic E-state index is 13.1. The van der Waals surface area contributed by atoms with Gasteiger partial charge < -0.3 is 28.6 Å². The fourth-order valence-corrected chi connectivity index (χ4v) is 4.91. The van der Waals surface area contributed by atoms with Crippen LogP contribution in [0, 0.1) is 10.8 Å². The van der Waals surface area contributed by atoms with E-state index in [1.165, 1.54) is 0 Å². The summed E-state index contributed by atoms with van der Waals surface area (Å²) in [6.07, 6.45) is 3.62. The van der Waals surface area contributed by atoms with Crippen molar-refractivity contribution in [2.24, 2.45) is 5.41 Å². The number of nitrogens with one attached hydrogen (secondary N) is 1. The van der Waals surface area contributed by atoms with Crippen molar-refractivity contribution >= 4 is 11.7 Å². The summed E-state index contributed by atoms with van der Waals surface area (Å²) >= 11 is 0. The van der Waals surface area contributed by atoms with Gasteiger partial charge in [-0.15, -0.1) is 0 Å². The molecular formula is C26H38N2O6. The second-order valence-electron chi connectivity index (χ2n) is 9.43. The molecule has 0 aliphatic carbocycles. The predicted molar refractivity (Wildman–Crippen MR) is 130 cm³/mol. The molecule has 188 valence electrons. The zero-order valence-electron chi connectivity index (χ0n) is 21.2. The first kappa shape index (κ1) is 26.0. The number of nitrogens with zero attached hydrogens (tertiary/aromatic N) is 1. The van der Waals surface area contributed by atoms with Crippen LogP contribution in [-0.4, -0.2) is 70.4 Å². The van der Waals surface area contributed by atoms with Gasteiger partial charge in [0.1, 0.15) is 0 Å². The van der Waals surface area contributed by atoms with E-state index in [1.54, 1.807) is 21.3 Å². The Hall–Kier alpha value is -2.58. The quantitative estimate of drug-likeness (QED) is 0.295. The van der Waals surface area contributed by atoms with E-state index in [0.717, 1.165) is 24.0 Å². The zero-order chi connectivity index (χ0) is 24.9. The van der Waals surface area contributed by atoms with Crippen LogP contribution in [0.15, 0.2) is 23.9 Å². The van der Waals surface area contributed by atoms with E-state index in [0.29, 0.717) is 43.5 Å². The Morgan fingerprint density at radius 3 is 2.53 bits per heavy atom. The molecule has 8 nitrogen and oxygen atoms in total. The van der Waals surface area contributed by atoms with Crippen LogP contribution in [0.5, 0.6) is 11.5 Å². The average Bonchev–Trinajstić information content (AvgIpc) is 2.80. The molecular weight excluding hydrogens is 436 g/mol. The number of methoxy groups -OCH3 is 3. The summed E-state index contributed by atoms with van der Waals surface area (Å²) in [6, 6.07) is 3.95. The first-order valence-corrected chi connectivity index (χ1v) is 11.8. The van der Waals surface area contributed by atoms with Gasteiger partial charge in [-0.1, -0.05) is 13.8 Å². The van der Waals surface area contributed by atoms with Crippen molar-refractivity contribution in [1.82, 2.24) is 4.90 Å². The molecule has 0 bridgehead atoms. The third-order valence-corrected chi connectivity index (χ3v) is 6.58. The fourth-order valence-electron chi connectivity index (χ4n) is 4.91. The summed E-state index contributed by atoms with van der Waals surface area (Å²) in [5.74, 6) is 1.19. The molecule has 0 amide bonds.